The Kier molecular flexibility index (Phi) is 1.92. The van der Waals surface area contributed by atoms with E-state index >= 15 is 0 Å². The third-order valence-electron chi connectivity index (χ3n) is 1.80. The summed E-state index contributed by atoms with van der Waals surface area (Å²) in [6.07, 6.45) is 2.29. The van der Waals surface area contributed by atoms with Crippen molar-refractivity contribution in [2.45, 2.75) is 0 Å². The normalized spacial score (nSPS) is 9.85. The Morgan fingerprint density at radius 3 is 2.77 bits per heavy atom. The zero-order chi connectivity index (χ0) is 9.10. The Morgan fingerprint density at radius 2 is 2.08 bits per heavy atom. The van der Waals surface area contributed by atoms with E-state index in [2.05, 4.69) is 5.16 Å². The molecule has 0 aliphatic carbocycles. The van der Waals surface area contributed by atoms with Gasteiger partial charge in [-0.15, -0.1) is 0 Å². The van der Waals surface area contributed by atoms with Crippen LogP contribution in [0.15, 0.2) is 41.1 Å². The molecule has 0 N–H and O–H groups in total. The van der Waals surface area contributed by atoms with E-state index in [1.54, 1.807) is 12.1 Å². The monoisotopic (exact) mass is 173 g/mol. The summed E-state index contributed by atoms with van der Waals surface area (Å²) in [6, 6.07) is 8.98. The first-order valence-corrected chi connectivity index (χ1v) is 3.87. The van der Waals surface area contributed by atoms with Crippen LogP contribution in [-0.2, 0) is 0 Å². The van der Waals surface area contributed by atoms with E-state index in [4.69, 9.17) is 4.52 Å². The summed E-state index contributed by atoms with van der Waals surface area (Å²) in [5, 5.41) is 3.76. The van der Waals surface area contributed by atoms with Crippen molar-refractivity contribution in [2.24, 2.45) is 0 Å². The summed E-state index contributed by atoms with van der Waals surface area (Å²) in [4.78, 5) is 10.7. The van der Waals surface area contributed by atoms with Gasteiger partial charge in [-0.2, -0.15) is 0 Å². The molecule has 0 radical (unpaired) electrons. The lowest BCUT2D eigenvalue weighted by molar-refractivity contribution is 0.112. The van der Waals surface area contributed by atoms with Crippen molar-refractivity contribution in [1.29, 1.82) is 0 Å². The lowest BCUT2D eigenvalue weighted by atomic mass is 10.1. The van der Waals surface area contributed by atoms with E-state index in [1.807, 2.05) is 18.2 Å². The molecule has 3 nitrogen and oxygen atoms in total. The van der Waals surface area contributed by atoms with Gasteiger partial charge >= 0.3 is 0 Å². The molecule has 0 fully saturated rings. The van der Waals surface area contributed by atoms with Gasteiger partial charge < -0.3 is 4.52 Å². The van der Waals surface area contributed by atoms with Gasteiger partial charge in [0.1, 0.15) is 12.0 Å². The predicted molar refractivity (Wildman–Crippen MR) is 47.3 cm³/mol. The second-order valence-corrected chi connectivity index (χ2v) is 2.59. The quantitative estimate of drug-likeness (QED) is 0.653. The van der Waals surface area contributed by atoms with Gasteiger partial charge in [0.2, 0.25) is 0 Å². The van der Waals surface area contributed by atoms with Crippen LogP contribution in [0.5, 0.6) is 0 Å². The van der Waals surface area contributed by atoms with Crippen molar-refractivity contribution in [1.82, 2.24) is 5.16 Å². The van der Waals surface area contributed by atoms with Crippen molar-refractivity contribution < 1.29 is 9.32 Å². The van der Waals surface area contributed by atoms with E-state index in [1.165, 1.54) is 6.26 Å². The zero-order valence-corrected chi connectivity index (χ0v) is 6.81. The summed E-state index contributed by atoms with van der Waals surface area (Å²) < 4.78 is 4.70. The molecular formula is C10H7NO2. The minimum absolute atomic E-state index is 0.622. The maximum absolute atomic E-state index is 10.7. The first kappa shape index (κ1) is 7.73. The van der Waals surface area contributed by atoms with Crippen LogP contribution in [0.25, 0.3) is 11.3 Å². The molecular weight excluding hydrogens is 166 g/mol. The molecule has 64 valence electrons. The molecule has 1 aromatic heterocycles. The number of rotatable bonds is 2. The molecule has 0 saturated heterocycles. The summed E-state index contributed by atoms with van der Waals surface area (Å²) in [5.41, 5.74) is 2.10. The second-order valence-electron chi connectivity index (χ2n) is 2.59. The van der Waals surface area contributed by atoms with Gasteiger partial charge in [-0.1, -0.05) is 29.4 Å². The van der Waals surface area contributed by atoms with Crippen LogP contribution in [0, 0.1) is 0 Å². The third kappa shape index (κ3) is 1.36. The van der Waals surface area contributed by atoms with E-state index < -0.39 is 0 Å². The van der Waals surface area contributed by atoms with Gasteiger partial charge in [0.25, 0.3) is 0 Å². The molecule has 0 bridgehead atoms. The van der Waals surface area contributed by atoms with Gasteiger partial charge in [-0.3, -0.25) is 4.79 Å². The highest BCUT2D eigenvalue weighted by Gasteiger charge is 2.05. The van der Waals surface area contributed by atoms with Gasteiger partial charge in [0.05, 0.1) is 0 Å². The maximum Gasteiger partial charge on any atom is 0.150 e. The van der Waals surface area contributed by atoms with Crippen LogP contribution in [-0.4, -0.2) is 11.4 Å². The van der Waals surface area contributed by atoms with Crippen LogP contribution in [0.4, 0.5) is 0 Å². The van der Waals surface area contributed by atoms with Crippen LogP contribution >= 0.6 is 0 Å². The fourth-order valence-corrected chi connectivity index (χ4v) is 1.18. The molecule has 0 amide bonds. The summed E-state index contributed by atoms with van der Waals surface area (Å²) in [5.74, 6) is 0. The van der Waals surface area contributed by atoms with E-state index in [0.29, 0.717) is 11.3 Å². The fraction of sp³-hybridized carbons (Fsp3) is 0. The lowest BCUT2D eigenvalue weighted by Gasteiger charge is -1.97. The molecule has 2 rings (SSSR count). The minimum Gasteiger partial charge on any atom is -0.364 e. The van der Waals surface area contributed by atoms with Crippen molar-refractivity contribution >= 4 is 6.29 Å². The van der Waals surface area contributed by atoms with Crippen LogP contribution < -0.4 is 0 Å². The van der Waals surface area contributed by atoms with Crippen molar-refractivity contribution in [3.63, 3.8) is 0 Å². The fourth-order valence-electron chi connectivity index (χ4n) is 1.18. The first-order chi connectivity index (χ1) is 6.42. The molecule has 2 aromatic rings. The predicted octanol–water partition coefficient (Wildman–Crippen LogP) is 2.15. The van der Waals surface area contributed by atoms with Crippen molar-refractivity contribution in [3.05, 3.63) is 42.2 Å². The number of hydrogen-bond donors (Lipinski definition) is 0. The second kappa shape index (κ2) is 3.23. The number of hydrogen-bond acceptors (Lipinski definition) is 3. The summed E-state index contributed by atoms with van der Waals surface area (Å²) in [7, 11) is 0. The van der Waals surface area contributed by atoms with Gasteiger partial charge in [0.15, 0.2) is 6.29 Å². The number of aromatic nitrogens is 1. The highest BCUT2D eigenvalue weighted by Crippen LogP contribution is 2.19. The molecule has 3 heteroatoms. The number of carbonyl (C=O) groups excluding carboxylic acids is 1. The highest BCUT2D eigenvalue weighted by atomic mass is 16.5. The molecule has 0 aliphatic rings. The zero-order valence-electron chi connectivity index (χ0n) is 6.81. The molecule has 0 atom stereocenters. The Labute approximate surface area is 75.0 Å². The number of carbonyl (C=O) groups is 1. The van der Waals surface area contributed by atoms with Crippen LogP contribution in [0.1, 0.15) is 10.4 Å². The topological polar surface area (TPSA) is 43.1 Å². The Hall–Kier alpha value is -1.90. The Balaban J connectivity index is 2.57. The minimum atomic E-state index is 0.622. The molecule has 1 aromatic carbocycles. The Morgan fingerprint density at radius 1 is 1.23 bits per heavy atom. The summed E-state index contributed by atoms with van der Waals surface area (Å²) in [6.45, 7) is 0. The molecule has 0 unspecified atom stereocenters. The third-order valence-corrected chi connectivity index (χ3v) is 1.80. The first-order valence-electron chi connectivity index (χ1n) is 3.87. The van der Waals surface area contributed by atoms with Crippen molar-refractivity contribution in [3.8, 4) is 11.3 Å². The van der Waals surface area contributed by atoms with Crippen molar-refractivity contribution in [2.75, 3.05) is 0 Å². The van der Waals surface area contributed by atoms with E-state index in [0.717, 1.165) is 11.8 Å². The van der Waals surface area contributed by atoms with Crippen LogP contribution in [0.3, 0.4) is 0 Å². The number of aldehydes is 1. The smallest absolute Gasteiger partial charge is 0.150 e. The SMILES string of the molecule is O=Cc1ccccc1-c1ccon1. The van der Waals surface area contributed by atoms with E-state index in [-0.39, 0.29) is 0 Å². The average Bonchev–Trinajstić information content (AvgIpc) is 2.70. The largest absolute Gasteiger partial charge is 0.364 e. The average molecular weight is 173 g/mol. The highest BCUT2D eigenvalue weighted by molar-refractivity contribution is 5.86. The Bertz CT molecular complexity index is 407. The standard InChI is InChI=1S/C10H7NO2/c12-7-8-3-1-2-4-9(8)10-5-6-13-11-10/h1-7H. The summed E-state index contributed by atoms with van der Waals surface area (Å²) >= 11 is 0. The number of benzene rings is 1. The molecule has 1 heterocycles. The maximum atomic E-state index is 10.7. The number of nitrogens with zero attached hydrogens (tertiary/aromatic N) is 1. The lowest BCUT2D eigenvalue weighted by Crippen LogP contribution is -1.85. The van der Waals surface area contributed by atoms with Gasteiger partial charge in [-0.05, 0) is 0 Å². The van der Waals surface area contributed by atoms with Gasteiger partial charge in [0, 0.05) is 17.2 Å². The van der Waals surface area contributed by atoms with Crippen LogP contribution in [0.2, 0.25) is 0 Å². The molecule has 0 saturated carbocycles. The molecule has 13 heavy (non-hydrogen) atoms. The molecule has 0 spiro atoms. The van der Waals surface area contributed by atoms with E-state index in [9.17, 15) is 4.79 Å². The van der Waals surface area contributed by atoms with Gasteiger partial charge in [-0.25, -0.2) is 0 Å². The molecule has 0 aliphatic heterocycles.